The van der Waals surface area contributed by atoms with Crippen molar-refractivity contribution in [3.8, 4) is 16.9 Å². The molecule has 5 rings (SSSR count). The van der Waals surface area contributed by atoms with Crippen LogP contribution < -0.4 is 9.46 Å². The maximum Gasteiger partial charge on any atom is 0.263 e. The Kier molecular flexibility index (Phi) is 7.72. The molecule has 1 saturated carbocycles. The number of sulfonamides is 1. The quantitative estimate of drug-likeness (QED) is 0.323. The van der Waals surface area contributed by atoms with Crippen molar-refractivity contribution in [3.63, 3.8) is 0 Å². The summed E-state index contributed by atoms with van der Waals surface area (Å²) in [5, 5.41) is 3.85. The van der Waals surface area contributed by atoms with E-state index in [1.54, 1.807) is 26.0 Å². The first-order valence-electron chi connectivity index (χ1n) is 13.8. The number of methoxy groups -OCH3 is 1. The molecule has 0 unspecified atom stereocenters. The summed E-state index contributed by atoms with van der Waals surface area (Å²) in [6, 6.07) is 12.6. The van der Waals surface area contributed by atoms with Gasteiger partial charge in [0.05, 0.1) is 18.6 Å². The molecule has 1 amide bonds. The van der Waals surface area contributed by atoms with Gasteiger partial charge in [0, 0.05) is 23.6 Å². The van der Waals surface area contributed by atoms with Gasteiger partial charge >= 0.3 is 0 Å². The number of benzene rings is 2. The number of nitrogens with one attached hydrogen (secondary N) is 1. The zero-order valence-electron chi connectivity index (χ0n) is 23.5. The van der Waals surface area contributed by atoms with E-state index >= 15 is 0 Å². The Balaban J connectivity index is 1.42. The molecule has 2 aromatic carbocycles. The van der Waals surface area contributed by atoms with Crippen LogP contribution in [0.25, 0.3) is 11.1 Å². The van der Waals surface area contributed by atoms with Gasteiger partial charge in [0.25, 0.3) is 15.9 Å². The number of aromatic nitrogens is 1. The van der Waals surface area contributed by atoms with Crippen molar-refractivity contribution >= 4 is 27.6 Å². The van der Waals surface area contributed by atoms with Gasteiger partial charge in [-0.1, -0.05) is 55.6 Å². The number of rotatable bonds is 10. The van der Waals surface area contributed by atoms with Crippen LogP contribution in [-0.2, 0) is 21.4 Å². The van der Waals surface area contributed by atoms with Gasteiger partial charge in [-0.2, -0.15) is 0 Å². The Labute approximate surface area is 235 Å². The Hall–Kier alpha value is -3.66. The van der Waals surface area contributed by atoms with E-state index in [0.717, 1.165) is 61.9 Å². The first-order chi connectivity index (χ1) is 19.2. The van der Waals surface area contributed by atoms with Gasteiger partial charge in [0.1, 0.15) is 22.9 Å². The summed E-state index contributed by atoms with van der Waals surface area (Å²) in [6.45, 7) is 6.06. The van der Waals surface area contributed by atoms with Crippen LogP contribution in [0.5, 0.6) is 5.75 Å². The molecule has 0 bridgehead atoms. The van der Waals surface area contributed by atoms with E-state index in [1.165, 1.54) is 13.2 Å². The van der Waals surface area contributed by atoms with Crippen molar-refractivity contribution in [1.29, 1.82) is 0 Å². The molecular formula is C30H36N4O5S. The molecule has 40 heavy (non-hydrogen) atoms. The van der Waals surface area contributed by atoms with Gasteiger partial charge in [-0.05, 0) is 56.4 Å². The van der Waals surface area contributed by atoms with E-state index in [-0.39, 0.29) is 16.6 Å². The van der Waals surface area contributed by atoms with Gasteiger partial charge in [-0.3, -0.25) is 19.4 Å². The fourth-order valence-electron chi connectivity index (χ4n) is 5.46. The monoisotopic (exact) mass is 564 g/mol. The number of carbonyl (C=O) groups excluding carboxylic acids is 1. The molecular weight excluding hydrogens is 528 g/mol. The average Bonchev–Trinajstić information content (AvgIpc) is 3.63. The number of ether oxygens (including phenoxy) is 1. The van der Waals surface area contributed by atoms with E-state index < -0.39 is 15.6 Å². The third kappa shape index (κ3) is 5.24. The summed E-state index contributed by atoms with van der Waals surface area (Å²) >= 11 is 0. The number of aryl methyl sites for hydroxylation is 1. The number of aliphatic imine (C=N–C) groups is 1. The smallest absolute Gasteiger partial charge is 0.263 e. The molecule has 1 aromatic heterocycles. The maximum atomic E-state index is 13.5. The Morgan fingerprint density at radius 3 is 2.45 bits per heavy atom. The predicted molar refractivity (Wildman–Crippen MR) is 154 cm³/mol. The topological polar surface area (TPSA) is 114 Å². The number of nitrogens with zero attached hydrogens (tertiary/aromatic N) is 3. The lowest BCUT2D eigenvalue weighted by Gasteiger charge is -2.23. The zero-order valence-corrected chi connectivity index (χ0v) is 24.3. The number of amides is 1. The fourth-order valence-corrected chi connectivity index (χ4v) is 6.76. The van der Waals surface area contributed by atoms with E-state index in [4.69, 9.17) is 14.3 Å². The zero-order chi connectivity index (χ0) is 28.5. The largest absolute Gasteiger partial charge is 0.497 e. The normalized spacial score (nSPS) is 16.6. The van der Waals surface area contributed by atoms with Crippen molar-refractivity contribution in [3.05, 3.63) is 59.4 Å². The second-order valence-electron chi connectivity index (χ2n) is 10.6. The molecule has 10 heteroatoms. The van der Waals surface area contributed by atoms with Crippen LogP contribution in [0.15, 0.2) is 56.9 Å². The minimum atomic E-state index is -4.02. The van der Waals surface area contributed by atoms with Crippen LogP contribution in [0.4, 0.5) is 5.82 Å². The summed E-state index contributed by atoms with van der Waals surface area (Å²) in [5.41, 5.74) is 2.25. The molecule has 1 aliphatic carbocycles. The lowest BCUT2D eigenvalue weighted by Crippen LogP contribution is -2.40. The molecule has 1 fully saturated rings. The summed E-state index contributed by atoms with van der Waals surface area (Å²) < 4.78 is 40.0. The standard InChI is InChI=1S/C30H36N4O5S/c1-5-6-9-27-31-30(16-7-8-17-30)29(35)34(27)19-22-10-12-23(13-11-22)25-15-14-24(38-4)18-26(25)40(36,37)33-28-20(2)21(3)39-32-28/h10-15,18H,5-9,16-17,19H2,1-4H3,(H,32,33). The summed E-state index contributed by atoms with van der Waals surface area (Å²) in [4.78, 5) is 20.4. The van der Waals surface area contributed by atoms with Gasteiger partial charge in [0.2, 0.25) is 0 Å². The molecule has 9 nitrogen and oxygen atoms in total. The van der Waals surface area contributed by atoms with Crippen molar-refractivity contribution < 1.29 is 22.5 Å². The van der Waals surface area contributed by atoms with Crippen molar-refractivity contribution in [2.75, 3.05) is 11.8 Å². The van der Waals surface area contributed by atoms with E-state index in [0.29, 0.717) is 29.2 Å². The van der Waals surface area contributed by atoms with Gasteiger partial charge in [-0.15, -0.1) is 0 Å². The predicted octanol–water partition coefficient (Wildman–Crippen LogP) is 6.01. The minimum absolute atomic E-state index is 0.0616. The van der Waals surface area contributed by atoms with Crippen LogP contribution in [0, 0.1) is 13.8 Å². The number of carbonyl (C=O) groups is 1. The number of hydrogen-bond donors (Lipinski definition) is 1. The Bertz CT molecular complexity index is 1540. The number of anilines is 1. The molecule has 3 aromatic rings. The molecule has 0 radical (unpaired) electrons. The number of amidine groups is 1. The van der Waals surface area contributed by atoms with Crippen LogP contribution in [0.2, 0.25) is 0 Å². The van der Waals surface area contributed by atoms with E-state index in [9.17, 15) is 13.2 Å². The highest BCUT2D eigenvalue weighted by atomic mass is 32.2. The van der Waals surface area contributed by atoms with Crippen molar-refractivity contribution in [2.24, 2.45) is 4.99 Å². The lowest BCUT2D eigenvalue weighted by atomic mass is 9.98. The minimum Gasteiger partial charge on any atom is -0.497 e. The molecule has 0 saturated heterocycles. The third-order valence-corrected chi connectivity index (χ3v) is 9.33. The second kappa shape index (κ2) is 11.1. The number of unbranched alkanes of at least 4 members (excludes halogenated alkanes) is 1. The summed E-state index contributed by atoms with van der Waals surface area (Å²) in [5.74, 6) is 2.12. The highest BCUT2D eigenvalue weighted by Gasteiger charge is 2.49. The highest BCUT2D eigenvalue weighted by molar-refractivity contribution is 7.92. The SMILES string of the molecule is CCCCC1=NC2(CCCC2)C(=O)N1Cc1ccc(-c2ccc(OC)cc2S(=O)(=O)Nc2noc(C)c2C)cc1. The Morgan fingerprint density at radius 1 is 1.10 bits per heavy atom. The van der Waals surface area contributed by atoms with Gasteiger partial charge in [-0.25, -0.2) is 8.42 Å². The van der Waals surface area contributed by atoms with Crippen molar-refractivity contribution in [1.82, 2.24) is 10.1 Å². The first kappa shape index (κ1) is 27.9. The average molecular weight is 565 g/mol. The maximum absolute atomic E-state index is 13.5. The molecule has 212 valence electrons. The first-order valence-corrected chi connectivity index (χ1v) is 15.3. The molecule has 1 spiro atoms. The van der Waals surface area contributed by atoms with Gasteiger partial charge in [0.15, 0.2) is 5.82 Å². The summed E-state index contributed by atoms with van der Waals surface area (Å²) in [7, 11) is -2.53. The summed E-state index contributed by atoms with van der Waals surface area (Å²) in [6.07, 6.45) is 6.56. The molecule has 0 atom stereocenters. The van der Waals surface area contributed by atoms with E-state index in [2.05, 4.69) is 16.8 Å². The lowest BCUT2D eigenvalue weighted by molar-refractivity contribution is -0.131. The van der Waals surface area contributed by atoms with Crippen molar-refractivity contribution in [2.45, 2.75) is 82.7 Å². The second-order valence-corrected chi connectivity index (χ2v) is 12.3. The van der Waals surface area contributed by atoms with Crippen LogP contribution in [-0.4, -0.2) is 42.9 Å². The van der Waals surface area contributed by atoms with Crippen LogP contribution in [0.1, 0.15) is 68.8 Å². The third-order valence-electron chi connectivity index (χ3n) is 7.95. The molecule has 1 N–H and O–H groups in total. The van der Waals surface area contributed by atoms with Gasteiger partial charge < -0.3 is 9.26 Å². The molecule has 2 aliphatic rings. The molecule has 2 heterocycles. The van der Waals surface area contributed by atoms with Crippen LogP contribution in [0.3, 0.4) is 0 Å². The Morgan fingerprint density at radius 2 is 1.82 bits per heavy atom. The molecule has 1 aliphatic heterocycles. The number of hydrogen-bond acceptors (Lipinski definition) is 7. The highest BCUT2D eigenvalue weighted by Crippen LogP contribution is 2.40. The van der Waals surface area contributed by atoms with Crippen LogP contribution >= 0.6 is 0 Å². The fraction of sp³-hybridized carbons (Fsp3) is 0.433. The van der Waals surface area contributed by atoms with E-state index in [1.807, 2.05) is 29.2 Å².